The minimum atomic E-state index is 0.422. The summed E-state index contributed by atoms with van der Waals surface area (Å²) in [5, 5.41) is 10.4. The predicted molar refractivity (Wildman–Crippen MR) is 124 cm³/mol. The molecule has 0 amide bonds. The SMILES string of the molecule is CCNC(=S)N/N=C\c1cc(Cl)c(OCc2cccc3ccccc23)c(Br)c1. The molecule has 144 valence electrons. The molecule has 3 aromatic carbocycles. The van der Waals surface area contributed by atoms with E-state index in [-0.39, 0.29) is 0 Å². The molecule has 0 atom stereocenters. The zero-order valence-corrected chi connectivity index (χ0v) is 18.4. The molecule has 0 saturated carbocycles. The van der Waals surface area contributed by atoms with Gasteiger partial charge in [0.1, 0.15) is 6.61 Å². The number of hydrogen-bond donors (Lipinski definition) is 2. The lowest BCUT2D eigenvalue weighted by Crippen LogP contribution is -2.31. The Morgan fingerprint density at radius 2 is 2.00 bits per heavy atom. The van der Waals surface area contributed by atoms with E-state index >= 15 is 0 Å². The molecule has 0 spiro atoms. The van der Waals surface area contributed by atoms with E-state index in [1.165, 1.54) is 10.8 Å². The Hall–Kier alpha value is -2.15. The number of hydrogen-bond acceptors (Lipinski definition) is 3. The van der Waals surface area contributed by atoms with Crippen molar-refractivity contribution >= 4 is 61.8 Å². The average molecular weight is 477 g/mol. The van der Waals surface area contributed by atoms with Gasteiger partial charge in [0.25, 0.3) is 0 Å². The lowest BCUT2D eigenvalue weighted by Gasteiger charge is -2.12. The molecule has 0 fully saturated rings. The van der Waals surface area contributed by atoms with Crippen LogP contribution in [0.5, 0.6) is 5.75 Å². The third-order valence-electron chi connectivity index (χ3n) is 3.99. The first kappa shape index (κ1) is 20.6. The Bertz CT molecular complexity index is 997. The van der Waals surface area contributed by atoms with Crippen LogP contribution in [-0.2, 0) is 6.61 Å². The third kappa shape index (κ3) is 5.22. The first-order valence-electron chi connectivity index (χ1n) is 8.74. The van der Waals surface area contributed by atoms with Crippen LogP contribution in [0.4, 0.5) is 0 Å². The quantitative estimate of drug-likeness (QED) is 0.274. The third-order valence-corrected chi connectivity index (χ3v) is 5.10. The lowest BCUT2D eigenvalue weighted by atomic mass is 10.1. The topological polar surface area (TPSA) is 45.7 Å². The van der Waals surface area contributed by atoms with Gasteiger partial charge in [0.05, 0.1) is 15.7 Å². The number of nitrogens with zero attached hydrogens (tertiary/aromatic N) is 1. The fourth-order valence-corrected chi connectivity index (χ4v) is 3.91. The number of benzene rings is 3. The van der Waals surface area contributed by atoms with E-state index in [1.54, 1.807) is 12.3 Å². The van der Waals surface area contributed by atoms with Crippen molar-refractivity contribution in [2.75, 3.05) is 6.54 Å². The van der Waals surface area contributed by atoms with Crippen LogP contribution in [0.1, 0.15) is 18.1 Å². The molecule has 4 nitrogen and oxygen atoms in total. The molecule has 3 rings (SSSR count). The van der Waals surface area contributed by atoms with E-state index in [9.17, 15) is 0 Å². The molecule has 28 heavy (non-hydrogen) atoms. The van der Waals surface area contributed by atoms with Gasteiger partial charge in [0.15, 0.2) is 10.9 Å². The molecule has 0 unspecified atom stereocenters. The van der Waals surface area contributed by atoms with Crippen LogP contribution < -0.4 is 15.5 Å². The van der Waals surface area contributed by atoms with Gasteiger partial charge in [-0.3, -0.25) is 5.43 Å². The largest absolute Gasteiger partial charge is 0.486 e. The molecule has 7 heteroatoms. The van der Waals surface area contributed by atoms with Crippen LogP contribution in [0, 0.1) is 0 Å². The summed E-state index contributed by atoms with van der Waals surface area (Å²) in [7, 11) is 0. The van der Waals surface area contributed by atoms with Crippen molar-refractivity contribution < 1.29 is 4.74 Å². The molecule has 0 saturated heterocycles. The normalized spacial score (nSPS) is 11.0. The Balaban J connectivity index is 1.72. The minimum Gasteiger partial charge on any atom is -0.486 e. The number of nitrogens with one attached hydrogen (secondary N) is 2. The van der Waals surface area contributed by atoms with Crippen LogP contribution in [0.2, 0.25) is 5.02 Å². The van der Waals surface area contributed by atoms with E-state index in [2.05, 4.69) is 56.0 Å². The molecule has 0 heterocycles. The van der Waals surface area contributed by atoms with Gasteiger partial charge in [-0.1, -0.05) is 54.1 Å². The zero-order chi connectivity index (χ0) is 19.9. The Labute approximate surface area is 183 Å². The number of thiocarbonyl (C=S) groups is 1. The number of hydrazone groups is 1. The summed E-state index contributed by atoms with van der Waals surface area (Å²) in [6, 6.07) is 18.1. The van der Waals surface area contributed by atoms with Crippen LogP contribution in [-0.4, -0.2) is 17.9 Å². The van der Waals surface area contributed by atoms with Gasteiger partial charge in [0, 0.05) is 6.54 Å². The summed E-state index contributed by atoms with van der Waals surface area (Å²) in [6.07, 6.45) is 1.65. The molecule has 0 aliphatic heterocycles. The maximum Gasteiger partial charge on any atom is 0.186 e. The van der Waals surface area contributed by atoms with Crippen molar-refractivity contribution in [1.82, 2.24) is 10.7 Å². The lowest BCUT2D eigenvalue weighted by molar-refractivity contribution is 0.306. The van der Waals surface area contributed by atoms with Crippen LogP contribution in [0.3, 0.4) is 0 Å². The maximum absolute atomic E-state index is 6.44. The van der Waals surface area contributed by atoms with Crippen molar-refractivity contribution in [2.24, 2.45) is 5.10 Å². The Kier molecular flexibility index (Phi) is 7.25. The Morgan fingerprint density at radius 3 is 2.79 bits per heavy atom. The molecular weight excluding hydrogens is 458 g/mol. The highest BCUT2D eigenvalue weighted by Gasteiger charge is 2.10. The molecular formula is C21H19BrClN3OS. The van der Waals surface area contributed by atoms with Gasteiger partial charge in [-0.25, -0.2) is 0 Å². The van der Waals surface area contributed by atoms with Gasteiger partial charge in [0.2, 0.25) is 0 Å². The van der Waals surface area contributed by atoms with Crippen LogP contribution >= 0.6 is 39.7 Å². The highest BCUT2D eigenvalue weighted by molar-refractivity contribution is 9.10. The van der Waals surface area contributed by atoms with Gasteiger partial charge in [-0.2, -0.15) is 5.10 Å². The van der Waals surface area contributed by atoms with Gasteiger partial charge < -0.3 is 10.1 Å². The number of halogens is 2. The zero-order valence-electron chi connectivity index (χ0n) is 15.2. The van der Waals surface area contributed by atoms with Crippen molar-refractivity contribution in [3.8, 4) is 5.75 Å². The van der Waals surface area contributed by atoms with E-state index in [1.807, 2.05) is 31.2 Å². The number of ether oxygens (including phenoxy) is 1. The Morgan fingerprint density at radius 1 is 1.21 bits per heavy atom. The van der Waals surface area contributed by atoms with E-state index in [0.717, 1.165) is 22.1 Å². The van der Waals surface area contributed by atoms with Crippen molar-refractivity contribution in [2.45, 2.75) is 13.5 Å². The van der Waals surface area contributed by atoms with Crippen LogP contribution in [0.25, 0.3) is 10.8 Å². The van der Waals surface area contributed by atoms with E-state index in [0.29, 0.717) is 22.5 Å². The number of fused-ring (bicyclic) bond motifs is 1. The molecule has 0 aliphatic carbocycles. The molecule has 2 N–H and O–H groups in total. The minimum absolute atomic E-state index is 0.422. The second-order valence-corrected chi connectivity index (χ2v) is 7.64. The highest BCUT2D eigenvalue weighted by Crippen LogP contribution is 2.35. The number of rotatable bonds is 6. The molecule has 0 aliphatic rings. The van der Waals surface area contributed by atoms with Gasteiger partial charge in [-0.05, 0) is 69.1 Å². The maximum atomic E-state index is 6.44. The summed E-state index contributed by atoms with van der Waals surface area (Å²) in [6.45, 7) is 3.12. The van der Waals surface area contributed by atoms with Crippen molar-refractivity contribution in [1.29, 1.82) is 0 Å². The monoisotopic (exact) mass is 475 g/mol. The predicted octanol–water partition coefficient (Wildman–Crippen LogP) is 5.65. The highest BCUT2D eigenvalue weighted by atomic mass is 79.9. The van der Waals surface area contributed by atoms with Gasteiger partial charge >= 0.3 is 0 Å². The average Bonchev–Trinajstić information content (AvgIpc) is 2.67. The smallest absolute Gasteiger partial charge is 0.186 e. The molecule has 0 bridgehead atoms. The fraction of sp³-hybridized carbons (Fsp3) is 0.143. The second kappa shape index (κ2) is 9.87. The van der Waals surface area contributed by atoms with Crippen molar-refractivity contribution in [3.05, 3.63) is 75.2 Å². The summed E-state index contributed by atoms with van der Waals surface area (Å²) in [5.41, 5.74) is 4.67. The summed E-state index contributed by atoms with van der Waals surface area (Å²) >= 11 is 15.0. The standard InChI is InChI=1S/C21H19BrClN3OS/c1-2-24-21(28)26-25-12-14-10-18(22)20(19(23)11-14)27-13-16-8-5-7-15-6-3-4-9-17(15)16/h3-12H,2,13H2,1H3,(H2,24,26,28)/b25-12-. The summed E-state index contributed by atoms with van der Waals surface area (Å²) in [4.78, 5) is 0. The first-order valence-corrected chi connectivity index (χ1v) is 10.3. The van der Waals surface area contributed by atoms with E-state index < -0.39 is 0 Å². The second-order valence-electron chi connectivity index (χ2n) is 5.97. The van der Waals surface area contributed by atoms with Crippen molar-refractivity contribution in [3.63, 3.8) is 0 Å². The first-order chi connectivity index (χ1) is 13.6. The fourth-order valence-electron chi connectivity index (χ4n) is 2.73. The van der Waals surface area contributed by atoms with E-state index in [4.69, 9.17) is 28.6 Å². The molecule has 0 radical (unpaired) electrons. The summed E-state index contributed by atoms with van der Waals surface area (Å²) < 4.78 is 6.78. The summed E-state index contributed by atoms with van der Waals surface area (Å²) in [5.74, 6) is 0.600. The molecule has 3 aromatic rings. The van der Waals surface area contributed by atoms with Crippen LogP contribution in [0.15, 0.2) is 64.2 Å². The van der Waals surface area contributed by atoms with Gasteiger partial charge in [-0.15, -0.1) is 0 Å². The molecule has 0 aromatic heterocycles.